The van der Waals surface area contributed by atoms with E-state index in [4.69, 9.17) is 9.97 Å². The van der Waals surface area contributed by atoms with Gasteiger partial charge in [-0.2, -0.15) is 0 Å². The highest BCUT2D eigenvalue weighted by molar-refractivity contribution is 5.97. The van der Waals surface area contributed by atoms with Crippen LogP contribution in [0, 0.1) is 13.8 Å². The molecule has 0 aliphatic carbocycles. The Bertz CT molecular complexity index is 2880. The molecule has 0 saturated heterocycles. The summed E-state index contributed by atoms with van der Waals surface area (Å²) in [5.41, 5.74) is 17.8. The van der Waals surface area contributed by atoms with E-state index in [1.807, 2.05) is 19.2 Å². The van der Waals surface area contributed by atoms with Crippen LogP contribution in [-0.2, 0) is 16.2 Å². The fourth-order valence-electron chi connectivity index (χ4n) is 8.36. The first-order valence-electron chi connectivity index (χ1n) is 21.1. The van der Waals surface area contributed by atoms with Crippen molar-refractivity contribution in [3.05, 3.63) is 167 Å². The molecule has 2 heterocycles. The summed E-state index contributed by atoms with van der Waals surface area (Å²) >= 11 is 0. The highest BCUT2D eigenvalue weighted by Gasteiger charge is 2.25. The quantitative estimate of drug-likeness (QED) is 0.183. The van der Waals surface area contributed by atoms with Gasteiger partial charge in [-0.1, -0.05) is 147 Å². The normalized spacial score (nSPS) is 12.3. The molecular weight excluding hydrogens is 731 g/mol. The summed E-state index contributed by atoms with van der Waals surface area (Å²) in [5, 5.41) is 11.7. The van der Waals surface area contributed by atoms with E-state index in [-0.39, 0.29) is 22.0 Å². The predicted octanol–water partition coefficient (Wildman–Crippen LogP) is 15.0. The SMILES string of the molecule is Cc1cc(C)c(O)c(-c2nc3c(-c4cc(-c5cc(-c6ccc(C(C)(C)C)cc6)ccn5)cc(C(C)(C)C)c4)cccc3n2-c2ccc(-c3ccccc3)c(C(C)(C)C)c2)c1. The smallest absolute Gasteiger partial charge is 0.149 e. The average Bonchev–Trinajstić information content (AvgIpc) is 3.61. The van der Waals surface area contributed by atoms with Crippen LogP contribution in [0.25, 0.3) is 72.7 Å². The van der Waals surface area contributed by atoms with E-state index in [9.17, 15) is 5.11 Å². The third-order valence-electron chi connectivity index (χ3n) is 11.8. The summed E-state index contributed by atoms with van der Waals surface area (Å²) in [6.45, 7) is 24.4. The first kappa shape index (κ1) is 40.5. The molecule has 0 spiro atoms. The van der Waals surface area contributed by atoms with Crippen molar-refractivity contribution in [2.24, 2.45) is 0 Å². The van der Waals surface area contributed by atoms with Gasteiger partial charge in [0.1, 0.15) is 11.6 Å². The Labute approximate surface area is 356 Å². The Morgan fingerprint density at radius 2 is 1.20 bits per heavy atom. The Kier molecular flexibility index (Phi) is 10.2. The molecule has 0 amide bonds. The lowest BCUT2D eigenvalue weighted by atomic mass is 9.81. The van der Waals surface area contributed by atoms with Crippen molar-refractivity contribution in [2.45, 2.75) is 92.4 Å². The Morgan fingerprint density at radius 3 is 1.88 bits per heavy atom. The van der Waals surface area contributed by atoms with Gasteiger partial charge in [-0.25, -0.2) is 4.98 Å². The van der Waals surface area contributed by atoms with Crippen LogP contribution in [0.15, 0.2) is 140 Å². The van der Waals surface area contributed by atoms with Gasteiger partial charge >= 0.3 is 0 Å². The number of imidazole rings is 1. The van der Waals surface area contributed by atoms with Crippen LogP contribution >= 0.6 is 0 Å². The lowest BCUT2D eigenvalue weighted by Gasteiger charge is -2.25. The molecule has 0 aliphatic heterocycles. The molecule has 0 unspecified atom stereocenters. The third-order valence-corrected chi connectivity index (χ3v) is 11.8. The standard InChI is InChI=1S/C56H57N3O/c1-35-28-36(2)52(60)47(29-35)53-58-51-46(18-15-19-50(51)59(53)44-24-25-45(38-16-13-12-14-17-38)48(34-44)56(9,10)11)40-30-41(32-43(31-40)55(6,7)8)49-33-39(26-27-57-49)37-20-22-42(23-21-37)54(3,4)5/h12-34,60H,1-11H3. The number of aromatic nitrogens is 3. The molecule has 8 aromatic rings. The molecule has 0 radical (unpaired) electrons. The number of para-hydroxylation sites is 1. The van der Waals surface area contributed by atoms with Crippen LogP contribution in [0.4, 0.5) is 0 Å². The number of rotatable bonds is 6. The molecule has 0 fully saturated rings. The summed E-state index contributed by atoms with van der Waals surface area (Å²) in [6.07, 6.45) is 1.92. The van der Waals surface area contributed by atoms with E-state index in [2.05, 4.69) is 201 Å². The van der Waals surface area contributed by atoms with Crippen LogP contribution in [0.1, 0.15) is 90.1 Å². The zero-order valence-corrected chi connectivity index (χ0v) is 37.1. The Morgan fingerprint density at radius 1 is 0.500 bits per heavy atom. The molecule has 2 aromatic heterocycles. The second-order valence-corrected chi connectivity index (χ2v) is 19.6. The number of nitrogens with zero attached hydrogens (tertiary/aromatic N) is 3. The van der Waals surface area contributed by atoms with E-state index in [0.29, 0.717) is 11.4 Å². The molecule has 302 valence electrons. The number of hydrogen-bond donors (Lipinski definition) is 1. The zero-order chi connectivity index (χ0) is 42.7. The average molecular weight is 788 g/mol. The molecule has 8 rings (SSSR count). The van der Waals surface area contributed by atoms with Crippen molar-refractivity contribution in [1.82, 2.24) is 14.5 Å². The third kappa shape index (κ3) is 7.79. The Hall–Kier alpha value is -6.26. The van der Waals surface area contributed by atoms with E-state index in [1.165, 1.54) is 33.4 Å². The summed E-state index contributed by atoms with van der Waals surface area (Å²) in [7, 11) is 0. The maximum atomic E-state index is 11.7. The number of aromatic hydroxyl groups is 1. The number of fused-ring (bicyclic) bond motifs is 1. The van der Waals surface area contributed by atoms with Crippen LogP contribution in [0.5, 0.6) is 5.75 Å². The van der Waals surface area contributed by atoms with Gasteiger partial charge in [0, 0.05) is 23.0 Å². The largest absolute Gasteiger partial charge is 0.507 e. The van der Waals surface area contributed by atoms with Crippen molar-refractivity contribution in [3.8, 4) is 67.5 Å². The van der Waals surface area contributed by atoms with Crippen molar-refractivity contribution in [1.29, 1.82) is 0 Å². The minimum Gasteiger partial charge on any atom is -0.507 e. The Balaban J connectivity index is 1.35. The maximum Gasteiger partial charge on any atom is 0.149 e. The molecule has 6 aromatic carbocycles. The highest BCUT2D eigenvalue weighted by Crippen LogP contribution is 2.43. The van der Waals surface area contributed by atoms with E-state index in [0.717, 1.165) is 55.8 Å². The van der Waals surface area contributed by atoms with E-state index in [1.54, 1.807) is 0 Å². The molecule has 4 heteroatoms. The second-order valence-electron chi connectivity index (χ2n) is 19.6. The first-order chi connectivity index (χ1) is 28.4. The van der Waals surface area contributed by atoms with Crippen molar-refractivity contribution in [2.75, 3.05) is 0 Å². The minimum atomic E-state index is -0.143. The van der Waals surface area contributed by atoms with Crippen molar-refractivity contribution in [3.63, 3.8) is 0 Å². The molecular formula is C56H57N3O. The van der Waals surface area contributed by atoms with Crippen LogP contribution in [-0.4, -0.2) is 19.6 Å². The summed E-state index contributed by atoms with van der Waals surface area (Å²) in [5.74, 6) is 0.944. The monoisotopic (exact) mass is 787 g/mol. The number of phenolic OH excluding ortho intramolecular Hbond substituents is 1. The van der Waals surface area contributed by atoms with Gasteiger partial charge in [-0.15, -0.1) is 0 Å². The molecule has 0 atom stereocenters. The van der Waals surface area contributed by atoms with Gasteiger partial charge in [0.25, 0.3) is 0 Å². The van der Waals surface area contributed by atoms with Gasteiger partial charge in [0.15, 0.2) is 0 Å². The fraction of sp³-hybridized carbons (Fsp3) is 0.250. The van der Waals surface area contributed by atoms with Crippen molar-refractivity contribution >= 4 is 11.0 Å². The van der Waals surface area contributed by atoms with Gasteiger partial charge in [0.2, 0.25) is 0 Å². The molecule has 1 N–H and O–H groups in total. The predicted molar refractivity (Wildman–Crippen MR) is 253 cm³/mol. The number of aryl methyl sites for hydroxylation is 2. The molecule has 0 aliphatic rings. The lowest BCUT2D eigenvalue weighted by Crippen LogP contribution is -2.14. The highest BCUT2D eigenvalue weighted by atomic mass is 16.3. The first-order valence-corrected chi connectivity index (χ1v) is 21.1. The van der Waals surface area contributed by atoms with E-state index >= 15 is 0 Å². The summed E-state index contributed by atoms with van der Waals surface area (Å²) in [6, 6.07) is 48.0. The number of benzene rings is 6. The second kappa shape index (κ2) is 15.1. The summed E-state index contributed by atoms with van der Waals surface area (Å²) < 4.78 is 2.24. The topological polar surface area (TPSA) is 50.9 Å². The van der Waals surface area contributed by atoms with Crippen LogP contribution in [0.2, 0.25) is 0 Å². The van der Waals surface area contributed by atoms with Crippen LogP contribution in [0.3, 0.4) is 0 Å². The van der Waals surface area contributed by atoms with Crippen molar-refractivity contribution < 1.29 is 5.11 Å². The fourth-order valence-corrected chi connectivity index (χ4v) is 8.36. The molecule has 60 heavy (non-hydrogen) atoms. The minimum absolute atomic E-state index is 0.0902. The number of phenols is 1. The number of pyridine rings is 1. The number of hydrogen-bond acceptors (Lipinski definition) is 3. The van der Waals surface area contributed by atoms with Gasteiger partial charge in [-0.05, 0) is 134 Å². The van der Waals surface area contributed by atoms with Gasteiger partial charge in [-0.3, -0.25) is 9.55 Å². The summed E-state index contributed by atoms with van der Waals surface area (Å²) in [4.78, 5) is 10.5. The zero-order valence-electron chi connectivity index (χ0n) is 37.1. The lowest BCUT2D eigenvalue weighted by molar-refractivity contribution is 0.472. The van der Waals surface area contributed by atoms with Crippen LogP contribution < -0.4 is 0 Å². The molecule has 0 bridgehead atoms. The molecule has 4 nitrogen and oxygen atoms in total. The van der Waals surface area contributed by atoms with E-state index < -0.39 is 0 Å². The van der Waals surface area contributed by atoms with Gasteiger partial charge in [0.05, 0.1) is 22.3 Å². The van der Waals surface area contributed by atoms with Gasteiger partial charge < -0.3 is 5.11 Å². The maximum absolute atomic E-state index is 11.7. The molecule has 0 saturated carbocycles.